The monoisotopic (exact) mass is 280 g/mol. The zero-order valence-corrected chi connectivity index (χ0v) is 13.7. The Kier molecular flexibility index (Phi) is 5.02. The predicted molar refractivity (Wildman–Crippen MR) is 83.9 cm³/mol. The fraction of sp³-hybridized carbons (Fsp3) is 0.812. The Morgan fingerprint density at radius 1 is 1.32 bits per heavy atom. The van der Waals surface area contributed by atoms with Crippen molar-refractivity contribution in [2.45, 2.75) is 84.2 Å². The number of nitrogens with one attached hydrogen (secondary N) is 1. The molecule has 1 N–H and O–H groups in total. The average molecular weight is 280 g/mol. The highest BCUT2D eigenvalue weighted by Gasteiger charge is 2.32. The van der Waals surface area contributed by atoms with Crippen molar-refractivity contribution in [2.24, 2.45) is 0 Å². The van der Waals surface area contributed by atoms with Crippen LogP contribution in [0.2, 0.25) is 0 Å². The van der Waals surface area contributed by atoms with Gasteiger partial charge in [0.25, 0.3) is 0 Å². The molecular formula is C16H28N2S. The van der Waals surface area contributed by atoms with Crippen molar-refractivity contribution in [1.29, 1.82) is 0 Å². The molecule has 1 aromatic heterocycles. The van der Waals surface area contributed by atoms with Crippen molar-refractivity contribution >= 4 is 11.3 Å². The molecule has 3 heteroatoms. The van der Waals surface area contributed by atoms with Crippen LogP contribution in [0, 0.1) is 0 Å². The number of nitrogens with zero attached hydrogens (tertiary/aromatic N) is 1. The largest absolute Gasteiger partial charge is 0.303 e. The molecule has 1 heterocycles. The zero-order valence-electron chi connectivity index (χ0n) is 12.9. The maximum absolute atomic E-state index is 4.95. The van der Waals surface area contributed by atoms with Crippen LogP contribution in [-0.4, -0.2) is 11.0 Å². The van der Waals surface area contributed by atoms with E-state index in [-0.39, 0.29) is 5.54 Å². The van der Waals surface area contributed by atoms with E-state index in [0.717, 1.165) is 0 Å². The summed E-state index contributed by atoms with van der Waals surface area (Å²) in [6, 6.07) is 0.505. The summed E-state index contributed by atoms with van der Waals surface area (Å²) in [5.74, 6) is 0. The number of fused-ring (bicyclic) bond motifs is 1. The number of aromatic nitrogens is 1. The first-order valence-electron chi connectivity index (χ1n) is 7.82. The van der Waals surface area contributed by atoms with Gasteiger partial charge in [-0.3, -0.25) is 0 Å². The van der Waals surface area contributed by atoms with Gasteiger partial charge in [-0.15, -0.1) is 11.3 Å². The molecule has 1 aliphatic rings. The van der Waals surface area contributed by atoms with Crippen LogP contribution in [0.3, 0.4) is 0 Å². The number of rotatable bonds is 7. The second-order valence-corrected chi connectivity index (χ2v) is 7.41. The van der Waals surface area contributed by atoms with Gasteiger partial charge in [-0.2, -0.15) is 0 Å². The smallest absolute Gasteiger partial charge is 0.113 e. The molecule has 0 bridgehead atoms. The minimum atomic E-state index is 0.0678. The SMILES string of the molecule is CCCCCC(C)(NC(C)C)c1nc2c(s1)CCC2. The third-order valence-corrected chi connectivity index (χ3v) is 5.38. The minimum absolute atomic E-state index is 0.0678. The first kappa shape index (κ1) is 15.0. The van der Waals surface area contributed by atoms with Gasteiger partial charge in [-0.25, -0.2) is 4.98 Å². The third kappa shape index (κ3) is 3.57. The van der Waals surface area contributed by atoms with Crippen molar-refractivity contribution in [1.82, 2.24) is 10.3 Å². The Morgan fingerprint density at radius 3 is 2.74 bits per heavy atom. The summed E-state index contributed by atoms with van der Waals surface area (Å²) in [7, 11) is 0. The summed E-state index contributed by atoms with van der Waals surface area (Å²) in [6.07, 6.45) is 8.84. The highest BCUT2D eigenvalue weighted by molar-refractivity contribution is 7.12. The van der Waals surface area contributed by atoms with Gasteiger partial charge >= 0.3 is 0 Å². The molecule has 1 aliphatic carbocycles. The van der Waals surface area contributed by atoms with Gasteiger partial charge in [0.05, 0.1) is 11.2 Å². The van der Waals surface area contributed by atoms with E-state index in [0.29, 0.717) is 6.04 Å². The van der Waals surface area contributed by atoms with Crippen LogP contribution in [0.15, 0.2) is 0 Å². The van der Waals surface area contributed by atoms with Crippen LogP contribution >= 0.6 is 11.3 Å². The topological polar surface area (TPSA) is 24.9 Å². The lowest BCUT2D eigenvalue weighted by atomic mass is 9.94. The quantitative estimate of drug-likeness (QED) is 0.748. The van der Waals surface area contributed by atoms with Crippen molar-refractivity contribution < 1.29 is 0 Å². The molecule has 0 amide bonds. The van der Waals surface area contributed by atoms with Crippen LogP contribution < -0.4 is 5.32 Å². The number of hydrogen-bond donors (Lipinski definition) is 1. The van der Waals surface area contributed by atoms with E-state index < -0.39 is 0 Å². The van der Waals surface area contributed by atoms with Crippen molar-refractivity contribution in [3.63, 3.8) is 0 Å². The molecule has 0 aromatic carbocycles. The number of hydrogen-bond acceptors (Lipinski definition) is 3. The summed E-state index contributed by atoms with van der Waals surface area (Å²) in [4.78, 5) is 6.49. The van der Waals surface area contributed by atoms with Gasteiger partial charge in [0.15, 0.2) is 0 Å². The van der Waals surface area contributed by atoms with Crippen LogP contribution in [-0.2, 0) is 18.4 Å². The molecule has 0 spiro atoms. The molecular weight excluding hydrogens is 252 g/mol. The fourth-order valence-corrected chi connectivity index (χ4v) is 4.32. The highest BCUT2D eigenvalue weighted by Crippen LogP contribution is 2.36. The number of aryl methyl sites for hydroxylation is 2. The van der Waals surface area contributed by atoms with Gasteiger partial charge in [0.1, 0.15) is 5.01 Å². The Morgan fingerprint density at radius 2 is 2.11 bits per heavy atom. The van der Waals surface area contributed by atoms with Gasteiger partial charge in [-0.1, -0.05) is 26.2 Å². The second kappa shape index (κ2) is 6.36. The molecule has 2 nitrogen and oxygen atoms in total. The van der Waals surface area contributed by atoms with Crippen LogP contribution in [0.1, 0.15) is 75.4 Å². The van der Waals surface area contributed by atoms with E-state index in [2.05, 4.69) is 33.0 Å². The molecule has 0 radical (unpaired) electrons. The van der Waals surface area contributed by atoms with Gasteiger partial charge in [-0.05, 0) is 46.5 Å². The molecule has 0 saturated heterocycles. The molecule has 2 rings (SSSR count). The molecule has 1 unspecified atom stereocenters. The van der Waals surface area contributed by atoms with Crippen LogP contribution in [0.5, 0.6) is 0 Å². The molecule has 0 saturated carbocycles. The average Bonchev–Trinajstić information content (AvgIpc) is 2.88. The van der Waals surface area contributed by atoms with Crippen molar-refractivity contribution in [3.05, 3.63) is 15.6 Å². The van der Waals surface area contributed by atoms with E-state index in [4.69, 9.17) is 4.98 Å². The standard InChI is InChI=1S/C16H28N2S/c1-5-6-7-11-16(4,18-12(2)3)15-17-13-9-8-10-14(13)19-15/h12,18H,5-11H2,1-4H3. The Labute approximate surface area is 122 Å². The predicted octanol–water partition coefficient (Wildman–Crippen LogP) is 4.43. The lowest BCUT2D eigenvalue weighted by Crippen LogP contribution is -2.43. The molecule has 0 aliphatic heterocycles. The van der Waals surface area contributed by atoms with Gasteiger partial charge in [0.2, 0.25) is 0 Å². The van der Waals surface area contributed by atoms with Gasteiger partial charge < -0.3 is 5.32 Å². The highest BCUT2D eigenvalue weighted by atomic mass is 32.1. The molecule has 1 atom stereocenters. The molecule has 19 heavy (non-hydrogen) atoms. The van der Waals surface area contributed by atoms with E-state index in [1.807, 2.05) is 11.3 Å². The lowest BCUT2D eigenvalue weighted by Gasteiger charge is -2.31. The van der Waals surface area contributed by atoms with Gasteiger partial charge in [0, 0.05) is 10.9 Å². The zero-order chi connectivity index (χ0) is 13.9. The van der Waals surface area contributed by atoms with E-state index >= 15 is 0 Å². The second-order valence-electron chi connectivity index (χ2n) is 6.33. The minimum Gasteiger partial charge on any atom is -0.303 e. The Bertz CT molecular complexity index is 389. The van der Waals surface area contributed by atoms with Crippen LogP contribution in [0.4, 0.5) is 0 Å². The van der Waals surface area contributed by atoms with E-state index in [9.17, 15) is 0 Å². The Hall–Kier alpha value is -0.410. The van der Waals surface area contributed by atoms with Crippen molar-refractivity contribution in [2.75, 3.05) is 0 Å². The molecule has 108 valence electrons. The summed E-state index contributed by atoms with van der Waals surface area (Å²) in [5, 5.41) is 5.09. The summed E-state index contributed by atoms with van der Waals surface area (Å²) < 4.78 is 0. The number of thiazole rings is 1. The summed E-state index contributed by atoms with van der Waals surface area (Å²) in [5.41, 5.74) is 1.45. The first-order chi connectivity index (χ1) is 9.05. The normalized spacial score (nSPS) is 17.7. The summed E-state index contributed by atoms with van der Waals surface area (Å²) in [6.45, 7) is 9.08. The molecule has 0 fully saturated rings. The first-order valence-corrected chi connectivity index (χ1v) is 8.63. The van der Waals surface area contributed by atoms with E-state index in [1.165, 1.54) is 55.6 Å². The van der Waals surface area contributed by atoms with Crippen molar-refractivity contribution in [3.8, 4) is 0 Å². The fourth-order valence-electron chi connectivity index (χ4n) is 3.03. The molecule has 1 aromatic rings. The maximum Gasteiger partial charge on any atom is 0.113 e. The van der Waals surface area contributed by atoms with Crippen LogP contribution in [0.25, 0.3) is 0 Å². The summed E-state index contributed by atoms with van der Waals surface area (Å²) >= 11 is 1.96. The van der Waals surface area contributed by atoms with E-state index in [1.54, 1.807) is 4.88 Å². The number of unbranched alkanes of at least 4 members (excludes halogenated alkanes) is 2. The Balaban J connectivity index is 2.15. The lowest BCUT2D eigenvalue weighted by molar-refractivity contribution is 0.300. The maximum atomic E-state index is 4.95. The third-order valence-electron chi connectivity index (χ3n) is 3.96.